The first-order chi connectivity index (χ1) is 14.0. The number of amides is 1. The van der Waals surface area contributed by atoms with Crippen LogP contribution in [0, 0.1) is 12.7 Å². The molecule has 0 bridgehead atoms. The summed E-state index contributed by atoms with van der Waals surface area (Å²) >= 11 is 0. The molecule has 0 aromatic heterocycles. The van der Waals surface area contributed by atoms with E-state index in [2.05, 4.69) is 5.32 Å². The van der Waals surface area contributed by atoms with Crippen LogP contribution < -0.4 is 10.1 Å². The summed E-state index contributed by atoms with van der Waals surface area (Å²) < 4.78 is 24.2. The van der Waals surface area contributed by atoms with Crippen LogP contribution in [0.3, 0.4) is 0 Å². The molecule has 0 spiro atoms. The van der Waals surface area contributed by atoms with Crippen molar-refractivity contribution in [2.45, 2.75) is 13.5 Å². The van der Waals surface area contributed by atoms with Crippen molar-refractivity contribution in [1.82, 2.24) is 0 Å². The van der Waals surface area contributed by atoms with Crippen molar-refractivity contribution < 1.29 is 23.5 Å². The van der Waals surface area contributed by atoms with Gasteiger partial charge in [0.2, 0.25) is 0 Å². The van der Waals surface area contributed by atoms with Gasteiger partial charge in [-0.15, -0.1) is 0 Å². The monoisotopic (exact) mass is 393 g/mol. The van der Waals surface area contributed by atoms with Crippen LogP contribution in [-0.2, 0) is 16.1 Å². The van der Waals surface area contributed by atoms with Crippen LogP contribution in [0.25, 0.3) is 0 Å². The largest absolute Gasteiger partial charge is 0.489 e. The van der Waals surface area contributed by atoms with E-state index in [1.54, 1.807) is 43.3 Å². The number of aryl methyl sites for hydroxylation is 1. The van der Waals surface area contributed by atoms with Gasteiger partial charge in [0.25, 0.3) is 5.91 Å². The summed E-state index contributed by atoms with van der Waals surface area (Å²) in [6, 6.07) is 20.5. The second-order valence-corrected chi connectivity index (χ2v) is 6.39. The van der Waals surface area contributed by atoms with Gasteiger partial charge in [0.1, 0.15) is 18.2 Å². The first-order valence-electron chi connectivity index (χ1n) is 9.01. The Balaban J connectivity index is 1.52. The first-order valence-corrected chi connectivity index (χ1v) is 9.01. The normalized spacial score (nSPS) is 10.3. The summed E-state index contributed by atoms with van der Waals surface area (Å²) in [7, 11) is 0. The van der Waals surface area contributed by atoms with Crippen molar-refractivity contribution in [3.8, 4) is 5.75 Å². The van der Waals surface area contributed by atoms with E-state index in [0.717, 1.165) is 5.56 Å². The molecule has 29 heavy (non-hydrogen) atoms. The molecule has 6 heteroatoms. The van der Waals surface area contributed by atoms with Crippen LogP contribution in [0.15, 0.2) is 72.8 Å². The Morgan fingerprint density at radius 3 is 2.52 bits per heavy atom. The molecule has 148 valence electrons. The number of rotatable bonds is 7. The Hall–Kier alpha value is -3.67. The number of anilines is 1. The molecule has 0 aliphatic rings. The van der Waals surface area contributed by atoms with Gasteiger partial charge < -0.3 is 14.8 Å². The van der Waals surface area contributed by atoms with E-state index in [1.807, 2.05) is 30.3 Å². The fraction of sp³-hybridized carbons (Fsp3) is 0.130. The van der Waals surface area contributed by atoms with Crippen LogP contribution >= 0.6 is 0 Å². The number of esters is 1. The van der Waals surface area contributed by atoms with Gasteiger partial charge in [0.15, 0.2) is 6.61 Å². The van der Waals surface area contributed by atoms with Crippen molar-refractivity contribution in [3.05, 3.63) is 95.3 Å². The highest BCUT2D eigenvalue weighted by molar-refractivity contribution is 5.95. The average molecular weight is 393 g/mol. The smallest absolute Gasteiger partial charge is 0.338 e. The zero-order chi connectivity index (χ0) is 20.6. The van der Waals surface area contributed by atoms with Gasteiger partial charge in [-0.05, 0) is 48.4 Å². The van der Waals surface area contributed by atoms with E-state index in [1.165, 1.54) is 6.07 Å². The molecule has 0 atom stereocenters. The summed E-state index contributed by atoms with van der Waals surface area (Å²) in [6.07, 6.45) is 0. The quantitative estimate of drug-likeness (QED) is 0.600. The van der Waals surface area contributed by atoms with Gasteiger partial charge in [0.05, 0.1) is 5.56 Å². The minimum Gasteiger partial charge on any atom is -0.489 e. The lowest BCUT2D eigenvalue weighted by atomic mass is 10.2. The summed E-state index contributed by atoms with van der Waals surface area (Å²) in [5, 5.41) is 2.49. The van der Waals surface area contributed by atoms with E-state index < -0.39 is 24.3 Å². The van der Waals surface area contributed by atoms with Gasteiger partial charge in [0, 0.05) is 5.69 Å². The predicted octanol–water partition coefficient (Wildman–Crippen LogP) is 4.51. The predicted molar refractivity (Wildman–Crippen MR) is 107 cm³/mol. The Morgan fingerprint density at radius 1 is 0.966 bits per heavy atom. The highest BCUT2D eigenvalue weighted by Gasteiger charge is 2.12. The van der Waals surface area contributed by atoms with E-state index in [0.29, 0.717) is 23.6 Å². The Kier molecular flexibility index (Phi) is 6.58. The Labute approximate surface area is 168 Å². The molecule has 0 saturated carbocycles. The molecule has 0 fully saturated rings. The van der Waals surface area contributed by atoms with Crippen molar-refractivity contribution in [2.24, 2.45) is 0 Å². The standard InChI is InChI=1S/C23H20FNO4/c1-16-10-11-19(13-21(16)24)25-22(26)15-29-23(27)18-8-5-9-20(12-18)28-14-17-6-3-2-4-7-17/h2-13H,14-15H2,1H3,(H,25,26). The average Bonchev–Trinajstić information content (AvgIpc) is 2.74. The highest BCUT2D eigenvalue weighted by atomic mass is 19.1. The topological polar surface area (TPSA) is 64.6 Å². The zero-order valence-corrected chi connectivity index (χ0v) is 15.9. The number of ether oxygens (including phenoxy) is 2. The molecule has 0 aliphatic heterocycles. The second kappa shape index (κ2) is 9.50. The third kappa shape index (κ3) is 5.90. The minimum atomic E-state index is -0.652. The van der Waals surface area contributed by atoms with Crippen molar-refractivity contribution in [2.75, 3.05) is 11.9 Å². The van der Waals surface area contributed by atoms with E-state index in [-0.39, 0.29) is 5.56 Å². The maximum atomic E-state index is 13.5. The van der Waals surface area contributed by atoms with Crippen LogP contribution in [0.1, 0.15) is 21.5 Å². The van der Waals surface area contributed by atoms with Gasteiger partial charge in [-0.2, -0.15) is 0 Å². The number of carbonyl (C=O) groups is 2. The first kappa shape index (κ1) is 20.1. The fourth-order valence-electron chi connectivity index (χ4n) is 2.54. The SMILES string of the molecule is Cc1ccc(NC(=O)COC(=O)c2cccc(OCc3ccccc3)c2)cc1F. The number of hydrogen-bond donors (Lipinski definition) is 1. The third-order valence-corrected chi connectivity index (χ3v) is 4.11. The lowest BCUT2D eigenvalue weighted by Crippen LogP contribution is -2.21. The van der Waals surface area contributed by atoms with Gasteiger partial charge in [-0.1, -0.05) is 42.5 Å². The summed E-state index contributed by atoms with van der Waals surface area (Å²) in [6.45, 7) is 1.51. The Bertz CT molecular complexity index is 1000. The van der Waals surface area contributed by atoms with E-state index in [4.69, 9.17) is 9.47 Å². The van der Waals surface area contributed by atoms with E-state index >= 15 is 0 Å². The zero-order valence-electron chi connectivity index (χ0n) is 15.9. The number of carbonyl (C=O) groups excluding carboxylic acids is 2. The van der Waals surface area contributed by atoms with Gasteiger partial charge in [-0.25, -0.2) is 9.18 Å². The lowest BCUT2D eigenvalue weighted by molar-refractivity contribution is -0.119. The molecular formula is C23H20FNO4. The van der Waals surface area contributed by atoms with Crippen LogP contribution in [0.2, 0.25) is 0 Å². The number of hydrogen-bond acceptors (Lipinski definition) is 4. The third-order valence-electron chi connectivity index (χ3n) is 4.11. The maximum absolute atomic E-state index is 13.5. The van der Waals surface area contributed by atoms with Crippen LogP contribution in [0.4, 0.5) is 10.1 Å². The lowest BCUT2D eigenvalue weighted by Gasteiger charge is -2.09. The molecule has 0 aliphatic carbocycles. The number of nitrogens with one attached hydrogen (secondary N) is 1. The molecule has 0 saturated heterocycles. The van der Waals surface area contributed by atoms with Crippen LogP contribution in [-0.4, -0.2) is 18.5 Å². The molecule has 0 unspecified atom stereocenters. The van der Waals surface area contributed by atoms with Crippen molar-refractivity contribution >= 4 is 17.6 Å². The molecule has 1 N–H and O–H groups in total. The molecule has 0 heterocycles. The number of halogens is 1. The fourth-order valence-corrected chi connectivity index (χ4v) is 2.54. The van der Waals surface area contributed by atoms with Crippen LogP contribution in [0.5, 0.6) is 5.75 Å². The molecule has 3 aromatic carbocycles. The summed E-state index contributed by atoms with van der Waals surface area (Å²) in [4.78, 5) is 24.1. The number of benzene rings is 3. The second-order valence-electron chi connectivity index (χ2n) is 6.39. The molecule has 0 radical (unpaired) electrons. The minimum absolute atomic E-state index is 0.268. The molecule has 1 amide bonds. The Morgan fingerprint density at radius 2 is 1.76 bits per heavy atom. The van der Waals surface area contributed by atoms with E-state index in [9.17, 15) is 14.0 Å². The summed E-state index contributed by atoms with van der Waals surface area (Å²) in [5.41, 5.74) is 2.05. The molecule has 5 nitrogen and oxygen atoms in total. The highest BCUT2D eigenvalue weighted by Crippen LogP contribution is 2.16. The van der Waals surface area contributed by atoms with Gasteiger partial charge >= 0.3 is 5.97 Å². The maximum Gasteiger partial charge on any atom is 0.338 e. The molecular weight excluding hydrogens is 373 g/mol. The van der Waals surface area contributed by atoms with Crippen molar-refractivity contribution in [3.63, 3.8) is 0 Å². The molecule has 3 rings (SSSR count). The summed E-state index contributed by atoms with van der Waals surface area (Å²) in [5.74, 6) is -1.12. The van der Waals surface area contributed by atoms with Crippen molar-refractivity contribution in [1.29, 1.82) is 0 Å². The molecule has 3 aromatic rings. The van der Waals surface area contributed by atoms with Gasteiger partial charge in [-0.3, -0.25) is 4.79 Å².